The molecule has 8 nitrogen and oxygen atoms in total. The molecule has 2 N–H and O–H groups in total. The molecule has 0 atom stereocenters. The Hall–Kier alpha value is -4.04. The zero-order chi connectivity index (χ0) is 24.3. The van der Waals surface area contributed by atoms with Gasteiger partial charge in [-0.05, 0) is 48.5 Å². The summed E-state index contributed by atoms with van der Waals surface area (Å²) >= 11 is 0. The number of rotatable bonds is 10. The molecular weight excluding hydrogens is 446 g/mol. The topological polar surface area (TPSA) is 89.1 Å². The molecule has 1 heterocycles. The van der Waals surface area contributed by atoms with Crippen LogP contribution in [0.15, 0.2) is 78.9 Å². The first-order chi connectivity index (χ1) is 17.2. The molecule has 0 aliphatic carbocycles. The van der Waals surface area contributed by atoms with E-state index in [0.717, 1.165) is 11.4 Å². The van der Waals surface area contributed by atoms with E-state index in [-0.39, 0.29) is 18.4 Å². The van der Waals surface area contributed by atoms with E-state index in [4.69, 9.17) is 14.2 Å². The fourth-order valence-electron chi connectivity index (χ4n) is 3.57. The second-order valence-corrected chi connectivity index (χ2v) is 7.92. The van der Waals surface area contributed by atoms with Crippen molar-refractivity contribution in [2.45, 2.75) is 0 Å². The Labute approximate surface area is 204 Å². The standard InChI is InChI=1S/C27H29N3O5/c31-26(20-28-22-11-9-21(10-12-22)27(32)30-13-15-33-16-14-30)29-23-5-4-8-25(19-23)35-18-17-34-24-6-2-1-3-7-24/h1-12,19,28H,13-18,20H2,(H,29,31). The number of anilines is 2. The Kier molecular flexibility index (Phi) is 8.56. The fourth-order valence-corrected chi connectivity index (χ4v) is 3.57. The van der Waals surface area contributed by atoms with Crippen molar-refractivity contribution in [1.82, 2.24) is 4.90 Å². The minimum absolute atomic E-state index is 0.00804. The van der Waals surface area contributed by atoms with Crippen LogP contribution in [0.5, 0.6) is 11.5 Å². The van der Waals surface area contributed by atoms with Crippen LogP contribution in [0.25, 0.3) is 0 Å². The average Bonchev–Trinajstić information content (AvgIpc) is 2.91. The molecule has 1 saturated heterocycles. The van der Waals surface area contributed by atoms with Gasteiger partial charge in [-0.15, -0.1) is 0 Å². The van der Waals surface area contributed by atoms with E-state index < -0.39 is 0 Å². The lowest BCUT2D eigenvalue weighted by atomic mass is 10.1. The molecule has 3 aromatic rings. The van der Waals surface area contributed by atoms with Crippen LogP contribution < -0.4 is 20.1 Å². The van der Waals surface area contributed by atoms with Crippen molar-refractivity contribution in [3.8, 4) is 11.5 Å². The predicted octanol–water partition coefficient (Wildman–Crippen LogP) is 3.67. The number of hydrogen-bond acceptors (Lipinski definition) is 6. The minimum Gasteiger partial charge on any atom is -0.490 e. The van der Waals surface area contributed by atoms with Crippen LogP contribution >= 0.6 is 0 Å². The first-order valence-electron chi connectivity index (χ1n) is 11.6. The fraction of sp³-hybridized carbons (Fsp3) is 0.259. The van der Waals surface area contributed by atoms with Crippen molar-refractivity contribution in [3.63, 3.8) is 0 Å². The van der Waals surface area contributed by atoms with Crippen LogP contribution in [-0.4, -0.2) is 62.8 Å². The number of ether oxygens (including phenoxy) is 3. The van der Waals surface area contributed by atoms with Gasteiger partial charge in [-0.1, -0.05) is 24.3 Å². The third-order valence-corrected chi connectivity index (χ3v) is 5.37. The Bertz CT molecular complexity index is 1100. The molecule has 1 fully saturated rings. The summed E-state index contributed by atoms with van der Waals surface area (Å²) in [6.45, 7) is 3.24. The Morgan fingerprint density at radius 1 is 0.800 bits per heavy atom. The van der Waals surface area contributed by atoms with Crippen molar-refractivity contribution in [2.75, 3.05) is 56.7 Å². The number of carbonyl (C=O) groups excluding carboxylic acids is 2. The van der Waals surface area contributed by atoms with Crippen LogP contribution in [-0.2, 0) is 9.53 Å². The van der Waals surface area contributed by atoms with E-state index in [1.54, 1.807) is 41.3 Å². The van der Waals surface area contributed by atoms with Crippen LogP contribution in [0.1, 0.15) is 10.4 Å². The SMILES string of the molecule is O=C(CNc1ccc(C(=O)N2CCOCC2)cc1)Nc1cccc(OCCOc2ccccc2)c1. The summed E-state index contributed by atoms with van der Waals surface area (Å²) in [6, 6.07) is 23.9. The zero-order valence-corrected chi connectivity index (χ0v) is 19.4. The highest BCUT2D eigenvalue weighted by molar-refractivity contribution is 5.95. The highest BCUT2D eigenvalue weighted by atomic mass is 16.5. The first-order valence-corrected chi connectivity index (χ1v) is 11.6. The summed E-state index contributed by atoms with van der Waals surface area (Å²) in [5.41, 5.74) is 2.02. The van der Waals surface area contributed by atoms with Crippen molar-refractivity contribution in [2.24, 2.45) is 0 Å². The number of para-hydroxylation sites is 1. The van der Waals surface area contributed by atoms with Crippen molar-refractivity contribution < 1.29 is 23.8 Å². The maximum Gasteiger partial charge on any atom is 0.254 e. The van der Waals surface area contributed by atoms with Gasteiger partial charge < -0.3 is 29.7 Å². The quantitative estimate of drug-likeness (QED) is 0.435. The predicted molar refractivity (Wildman–Crippen MR) is 134 cm³/mol. The summed E-state index contributed by atoms with van der Waals surface area (Å²) in [5.74, 6) is 1.24. The molecule has 0 aromatic heterocycles. The lowest BCUT2D eigenvalue weighted by molar-refractivity contribution is -0.114. The van der Waals surface area contributed by atoms with Crippen LogP contribution in [0.3, 0.4) is 0 Å². The monoisotopic (exact) mass is 475 g/mol. The van der Waals surface area contributed by atoms with Gasteiger partial charge in [0.2, 0.25) is 5.91 Å². The van der Waals surface area contributed by atoms with Gasteiger partial charge >= 0.3 is 0 Å². The van der Waals surface area contributed by atoms with Crippen molar-refractivity contribution in [3.05, 3.63) is 84.4 Å². The first kappa shape index (κ1) is 24.1. The number of amides is 2. The average molecular weight is 476 g/mol. The molecule has 0 unspecified atom stereocenters. The van der Waals surface area contributed by atoms with Crippen LogP contribution in [0.2, 0.25) is 0 Å². The molecule has 8 heteroatoms. The molecular formula is C27H29N3O5. The van der Waals surface area contributed by atoms with Crippen LogP contribution in [0.4, 0.5) is 11.4 Å². The third kappa shape index (κ3) is 7.48. The largest absolute Gasteiger partial charge is 0.490 e. The number of nitrogens with zero attached hydrogens (tertiary/aromatic N) is 1. The summed E-state index contributed by atoms with van der Waals surface area (Å²) in [6.07, 6.45) is 0. The lowest BCUT2D eigenvalue weighted by Gasteiger charge is -2.26. The van der Waals surface area contributed by atoms with Gasteiger partial charge in [-0.2, -0.15) is 0 Å². The molecule has 0 radical (unpaired) electrons. The van der Waals surface area contributed by atoms with E-state index in [1.807, 2.05) is 42.5 Å². The Balaban J connectivity index is 1.19. The number of hydrogen-bond donors (Lipinski definition) is 2. The molecule has 1 aliphatic rings. The molecule has 0 saturated carbocycles. The third-order valence-electron chi connectivity index (χ3n) is 5.37. The van der Waals surface area contributed by atoms with Gasteiger partial charge in [0, 0.05) is 36.1 Å². The molecule has 0 spiro atoms. The van der Waals surface area contributed by atoms with E-state index in [0.29, 0.717) is 56.5 Å². The zero-order valence-electron chi connectivity index (χ0n) is 19.4. The number of nitrogens with one attached hydrogen (secondary N) is 2. The second-order valence-electron chi connectivity index (χ2n) is 7.92. The van der Waals surface area contributed by atoms with Gasteiger partial charge in [0.1, 0.15) is 24.7 Å². The summed E-state index contributed by atoms with van der Waals surface area (Å²) in [7, 11) is 0. The van der Waals surface area contributed by atoms with E-state index >= 15 is 0 Å². The smallest absolute Gasteiger partial charge is 0.254 e. The molecule has 3 aromatic carbocycles. The Morgan fingerprint density at radius 3 is 2.23 bits per heavy atom. The van der Waals surface area contributed by atoms with Gasteiger partial charge in [0.05, 0.1) is 19.8 Å². The highest BCUT2D eigenvalue weighted by Crippen LogP contribution is 2.18. The van der Waals surface area contributed by atoms with Crippen molar-refractivity contribution >= 4 is 23.2 Å². The normalized spacial score (nSPS) is 13.1. The molecule has 0 bridgehead atoms. The van der Waals surface area contributed by atoms with Gasteiger partial charge in [0.15, 0.2) is 0 Å². The number of carbonyl (C=O) groups is 2. The van der Waals surface area contributed by atoms with E-state index in [1.165, 1.54) is 0 Å². The van der Waals surface area contributed by atoms with Gasteiger partial charge in [-0.25, -0.2) is 0 Å². The molecule has 4 rings (SSSR count). The summed E-state index contributed by atoms with van der Waals surface area (Å²) in [5, 5.41) is 5.93. The molecule has 2 amide bonds. The maximum atomic E-state index is 12.5. The van der Waals surface area contributed by atoms with E-state index in [2.05, 4.69) is 10.6 Å². The molecule has 35 heavy (non-hydrogen) atoms. The highest BCUT2D eigenvalue weighted by Gasteiger charge is 2.18. The van der Waals surface area contributed by atoms with Crippen molar-refractivity contribution in [1.29, 1.82) is 0 Å². The van der Waals surface area contributed by atoms with Gasteiger partial charge in [-0.3, -0.25) is 9.59 Å². The molecule has 182 valence electrons. The summed E-state index contributed by atoms with van der Waals surface area (Å²) in [4.78, 5) is 26.7. The number of morpholine rings is 1. The maximum absolute atomic E-state index is 12.5. The second kappa shape index (κ2) is 12.4. The molecule has 1 aliphatic heterocycles. The minimum atomic E-state index is -0.192. The lowest BCUT2D eigenvalue weighted by Crippen LogP contribution is -2.40. The van der Waals surface area contributed by atoms with E-state index in [9.17, 15) is 9.59 Å². The van der Waals surface area contributed by atoms with Crippen LogP contribution in [0, 0.1) is 0 Å². The van der Waals surface area contributed by atoms with Gasteiger partial charge in [0.25, 0.3) is 5.91 Å². The Morgan fingerprint density at radius 2 is 1.49 bits per heavy atom. The summed E-state index contributed by atoms with van der Waals surface area (Å²) < 4.78 is 16.6. The number of benzene rings is 3.